The number of carbonyl (C=O) groups excluding carboxylic acids is 1. The molecule has 15 heteroatoms. The number of pyridine rings is 1. The van der Waals surface area contributed by atoms with Gasteiger partial charge in [0.15, 0.2) is 11.7 Å². The number of aromatic nitrogens is 4. The third-order valence-electron chi connectivity index (χ3n) is 3.75. The van der Waals surface area contributed by atoms with Crippen LogP contribution < -0.4 is 5.32 Å². The summed E-state index contributed by atoms with van der Waals surface area (Å²) in [5.74, 6) is 1.69. The first-order valence-corrected chi connectivity index (χ1v) is 9.07. The van der Waals surface area contributed by atoms with Crippen molar-refractivity contribution < 1.29 is 31.1 Å². The number of nitrogens with zero attached hydrogens (tertiary/aromatic N) is 5. The molecule has 0 spiro atoms. The van der Waals surface area contributed by atoms with Crippen LogP contribution in [-0.4, -0.2) is 37.0 Å². The highest BCUT2D eigenvalue weighted by Crippen LogP contribution is 2.32. The molecule has 0 aromatic carbocycles. The van der Waals surface area contributed by atoms with Crippen LogP contribution in [-0.2, 0) is 11.0 Å². The van der Waals surface area contributed by atoms with E-state index >= 15 is 0 Å². The Kier molecular flexibility index (Phi) is 6.47. The lowest BCUT2D eigenvalue weighted by molar-refractivity contribution is -0.137. The Morgan fingerprint density at radius 3 is 2.50 bits per heavy atom. The van der Waals surface area contributed by atoms with Crippen LogP contribution in [0.1, 0.15) is 12.0 Å². The predicted molar refractivity (Wildman–Crippen MR) is 101 cm³/mol. The molecular weight excluding hydrogens is 489 g/mol. The van der Waals surface area contributed by atoms with Gasteiger partial charge in [0.1, 0.15) is 17.2 Å². The van der Waals surface area contributed by atoms with Gasteiger partial charge in [-0.25, -0.2) is 9.98 Å². The minimum absolute atomic E-state index is 0.210. The zero-order valence-electron chi connectivity index (χ0n) is 15.3. The molecule has 0 saturated carbocycles. The van der Waals surface area contributed by atoms with Crippen LogP contribution >= 0.6 is 23.2 Å². The highest BCUT2D eigenvalue weighted by molar-refractivity contribution is 6.68. The van der Waals surface area contributed by atoms with Crippen molar-refractivity contribution in [1.29, 1.82) is 0 Å². The summed E-state index contributed by atoms with van der Waals surface area (Å²) in [4.78, 5) is 23.0. The van der Waals surface area contributed by atoms with E-state index in [1.54, 1.807) is 0 Å². The number of halogens is 8. The lowest BCUT2D eigenvalue weighted by Gasteiger charge is -2.12. The first-order valence-electron chi connectivity index (χ1n) is 8.31. The van der Waals surface area contributed by atoms with E-state index in [0.29, 0.717) is 12.3 Å². The molecule has 2 aromatic rings. The number of amides is 1. The van der Waals surface area contributed by atoms with E-state index in [1.807, 2.05) is 0 Å². The number of rotatable bonds is 3. The molecule has 2 aromatic heterocycles. The molecule has 1 aliphatic rings. The molecule has 1 N–H and O–H groups in total. The highest BCUT2D eigenvalue weighted by Gasteiger charge is 2.35. The van der Waals surface area contributed by atoms with Crippen molar-refractivity contribution in [2.45, 2.75) is 18.8 Å². The standard InChI is InChI=1S/C17H8Cl2F6N6O/c18-10-5-8(16(20,21)22)6-26-13(10)31-7-27-15(30-31)29-14(32)9-3-1-2-4-11(17(23,24)25)28-12(9)19/h4-7,9H,2H2,(H,29,30,32)/b11-4-,28-12?. The Hall–Kier alpha value is -3.11. The number of aliphatic imine (C=N–C) groups is 1. The molecule has 168 valence electrons. The number of nitrogens with one attached hydrogen (secondary N) is 1. The van der Waals surface area contributed by atoms with Gasteiger partial charge in [-0.3, -0.25) is 10.1 Å². The summed E-state index contributed by atoms with van der Waals surface area (Å²) in [6, 6.07) is 0.635. The summed E-state index contributed by atoms with van der Waals surface area (Å²) < 4.78 is 77.8. The lowest BCUT2D eigenvalue weighted by atomic mass is 10.1. The fraction of sp³-hybridized carbons (Fsp3) is 0.235. The maximum Gasteiger partial charge on any atom is 0.433 e. The third kappa shape index (κ3) is 5.38. The number of allylic oxidation sites excluding steroid dienone is 2. The first kappa shape index (κ1) is 23.6. The van der Waals surface area contributed by atoms with Crippen LogP contribution in [0.4, 0.5) is 32.3 Å². The maximum atomic E-state index is 12.9. The van der Waals surface area contributed by atoms with E-state index in [0.717, 1.165) is 17.1 Å². The molecule has 1 aliphatic heterocycles. The van der Waals surface area contributed by atoms with E-state index in [1.165, 1.54) is 0 Å². The Labute approximate surface area is 185 Å². The Morgan fingerprint density at radius 2 is 1.88 bits per heavy atom. The monoisotopic (exact) mass is 496 g/mol. The Morgan fingerprint density at radius 1 is 1.16 bits per heavy atom. The number of hydrogen-bond donors (Lipinski definition) is 1. The molecule has 0 saturated heterocycles. The molecule has 0 radical (unpaired) electrons. The van der Waals surface area contributed by atoms with Crippen molar-refractivity contribution >= 4 is 40.2 Å². The summed E-state index contributed by atoms with van der Waals surface area (Å²) in [6.07, 6.45) is -7.48. The van der Waals surface area contributed by atoms with Crippen LogP contribution in [0.3, 0.4) is 0 Å². The van der Waals surface area contributed by atoms with E-state index in [4.69, 9.17) is 23.2 Å². The second kappa shape index (κ2) is 8.79. The van der Waals surface area contributed by atoms with Gasteiger partial charge in [-0.15, -0.1) is 5.10 Å². The summed E-state index contributed by atoms with van der Waals surface area (Å²) in [6.45, 7) is 0. The van der Waals surface area contributed by atoms with Crippen LogP contribution in [0.5, 0.6) is 0 Å². The smallest absolute Gasteiger partial charge is 0.292 e. The summed E-state index contributed by atoms with van der Waals surface area (Å²) in [5, 5.41) is 4.89. The van der Waals surface area contributed by atoms with Crippen molar-refractivity contribution in [1.82, 2.24) is 19.7 Å². The van der Waals surface area contributed by atoms with Gasteiger partial charge in [0.2, 0.25) is 11.9 Å². The first-order chi connectivity index (χ1) is 14.9. The largest absolute Gasteiger partial charge is 0.433 e. The van der Waals surface area contributed by atoms with Crippen molar-refractivity contribution in [3.8, 4) is 17.7 Å². The molecule has 0 bridgehead atoms. The fourth-order valence-electron chi connectivity index (χ4n) is 2.31. The molecule has 7 nitrogen and oxygen atoms in total. The molecule has 1 amide bonds. The zero-order chi connectivity index (χ0) is 23.7. The van der Waals surface area contributed by atoms with Gasteiger partial charge in [-0.2, -0.15) is 36.0 Å². The molecule has 1 atom stereocenters. The van der Waals surface area contributed by atoms with Gasteiger partial charge in [0, 0.05) is 12.6 Å². The summed E-state index contributed by atoms with van der Waals surface area (Å²) >= 11 is 11.6. The van der Waals surface area contributed by atoms with Crippen LogP contribution in [0.2, 0.25) is 5.02 Å². The number of alkyl halides is 6. The minimum Gasteiger partial charge on any atom is -0.292 e. The van der Waals surface area contributed by atoms with Gasteiger partial charge < -0.3 is 0 Å². The fourth-order valence-corrected chi connectivity index (χ4v) is 2.80. The molecule has 3 rings (SSSR count). The van der Waals surface area contributed by atoms with Crippen molar-refractivity contribution in [3.05, 3.63) is 40.9 Å². The average molecular weight is 497 g/mol. The van der Waals surface area contributed by atoms with Crippen LogP contribution in [0, 0.1) is 17.8 Å². The molecule has 3 heterocycles. The van der Waals surface area contributed by atoms with Gasteiger partial charge in [-0.05, 0) is 12.1 Å². The predicted octanol–water partition coefficient (Wildman–Crippen LogP) is 4.38. The van der Waals surface area contributed by atoms with Gasteiger partial charge >= 0.3 is 12.4 Å². The third-order valence-corrected chi connectivity index (χ3v) is 4.34. The number of hydrogen-bond acceptors (Lipinski definition) is 5. The topological polar surface area (TPSA) is 85.1 Å². The van der Waals surface area contributed by atoms with Crippen molar-refractivity contribution in [2.24, 2.45) is 10.9 Å². The van der Waals surface area contributed by atoms with Gasteiger partial charge in [0.25, 0.3) is 0 Å². The molecule has 1 unspecified atom stereocenters. The molecular formula is C17H8Cl2F6N6O. The zero-order valence-corrected chi connectivity index (χ0v) is 16.8. The Bertz CT molecular complexity index is 1170. The maximum absolute atomic E-state index is 12.9. The van der Waals surface area contributed by atoms with Crippen LogP contribution in [0.15, 0.2) is 35.4 Å². The SMILES string of the molecule is O=C(Nc1ncn(-c2ncc(C(F)(F)F)cc2Cl)n1)C1C#CC/C=C(/C(F)(F)F)N=C1Cl. The second-order valence-corrected chi connectivity index (χ2v) is 6.80. The lowest BCUT2D eigenvalue weighted by Crippen LogP contribution is -2.28. The van der Waals surface area contributed by atoms with E-state index in [2.05, 4.69) is 37.2 Å². The van der Waals surface area contributed by atoms with Crippen LogP contribution in [0.25, 0.3) is 5.82 Å². The molecule has 32 heavy (non-hydrogen) atoms. The van der Waals surface area contributed by atoms with Gasteiger partial charge in [-0.1, -0.05) is 35.0 Å². The van der Waals surface area contributed by atoms with Gasteiger partial charge in [0.05, 0.1) is 10.6 Å². The van der Waals surface area contributed by atoms with E-state index in [-0.39, 0.29) is 18.2 Å². The molecule has 0 fully saturated rings. The number of carbonyl (C=O) groups is 1. The van der Waals surface area contributed by atoms with Crippen molar-refractivity contribution in [2.75, 3.05) is 5.32 Å². The normalized spacial score (nSPS) is 18.4. The quantitative estimate of drug-likeness (QED) is 0.504. The summed E-state index contributed by atoms with van der Waals surface area (Å²) in [5.41, 5.74) is -2.37. The van der Waals surface area contributed by atoms with E-state index in [9.17, 15) is 31.1 Å². The number of anilines is 1. The van der Waals surface area contributed by atoms with E-state index < -0.39 is 45.6 Å². The second-order valence-electron chi connectivity index (χ2n) is 6.01. The summed E-state index contributed by atoms with van der Waals surface area (Å²) in [7, 11) is 0. The Balaban J connectivity index is 1.80. The van der Waals surface area contributed by atoms with Crippen molar-refractivity contribution in [3.63, 3.8) is 0 Å². The molecule has 0 aliphatic carbocycles. The average Bonchev–Trinajstić information content (AvgIpc) is 3.11. The highest BCUT2D eigenvalue weighted by atomic mass is 35.5. The minimum atomic E-state index is -4.78.